The fourth-order valence-electron chi connectivity index (χ4n) is 2.34. The van der Waals surface area contributed by atoms with E-state index < -0.39 is 0 Å². The zero-order valence-corrected chi connectivity index (χ0v) is 13.8. The molecule has 0 aromatic carbocycles. The zero-order valence-electron chi connectivity index (χ0n) is 13.0. The first kappa shape index (κ1) is 17.2. The normalized spacial score (nSPS) is 19.8. The molecule has 1 aromatic heterocycles. The van der Waals surface area contributed by atoms with E-state index in [1.165, 1.54) is 5.56 Å². The molecule has 1 aliphatic rings. The van der Waals surface area contributed by atoms with Crippen LogP contribution in [0.2, 0.25) is 0 Å². The van der Waals surface area contributed by atoms with Crippen LogP contribution < -0.4 is 10.2 Å². The van der Waals surface area contributed by atoms with Gasteiger partial charge in [0.2, 0.25) is 0 Å². The maximum absolute atomic E-state index is 4.57. The predicted octanol–water partition coefficient (Wildman–Crippen LogP) is 2.14. The van der Waals surface area contributed by atoms with Crippen LogP contribution in [-0.4, -0.2) is 48.6 Å². The summed E-state index contributed by atoms with van der Waals surface area (Å²) in [5.74, 6) is 1.05. The minimum absolute atomic E-state index is 0. The Balaban J connectivity index is 0.00000200. The van der Waals surface area contributed by atoms with E-state index in [4.69, 9.17) is 0 Å². The van der Waals surface area contributed by atoms with E-state index in [1.807, 2.05) is 6.20 Å². The van der Waals surface area contributed by atoms with Gasteiger partial charge in [0.25, 0.3) is 0 Å². The first-order chi connectivity index (χ1) is 9.08. The number of rotatable bonds is 4. The Hall–Kier alpha value is -0.840. The van der Waals surface area contributed by atoms with Gasteiger partial charge in [-0.25, -0.2) is 4.98 Å². The molecule has 0 spiro atoms. The van der Waals surface area contributed by atoms with Gasteiger partial charge in [-0.15, -0.1) is 12.4 Å². The van der Waals surface area contributed by atoms with Crippen molar-refractivity contribution in [3.63, 3.8) is 0 Å². The number of pyridine rings is 1. The van der Waals surface area contributed by atoms with Gasteiger partial charge in [0.15, 0.2) is 0 Å². The predicted molar refractivity (Wildman–Crippen MR) is 87.8 cm³/mol. The molecule has 1 saturated heterocycles. The lowest BCUT2D eigenvalue weighted by atomic mass is 10.2. The van der Waals surface area contributed by atoms with Crippen LogP contribution in [0.15, 0.2) is 18.3 Å². The molecule has 1 N–H and O–H groups in total. The summed E-state index contributed by atoms with van der Waals surface area (Å²) in [6.45, 7) is 10.9. The van der Waals surface area contributed by atoms with E-state index in [0.717, 1.165) is 32.0 Å². The van der Waals surface area contributed by atoms with Crippen molar-refractivity contribution in [3.05, 3.63) is 23.9 Å². The third kappa shape index (κ3) is 4.33. The number of piperazine rings is 1. The number of halogens is 1. The minimum atomic E-state index is 0. The number of hydrogen-bond donors (Lipinski definition) is 1. The van der Waals surface area contributed by atoms with Crippen molar-refractivity contribution in [3.8, 4) is 0 Å². The van der Waals surface area contributed by atoms with Gasteiger partial charge in [0, 0.05) is 51.5 Å². The van der Waals surface area contributed by atoms with Crippen LogP contribution in [-0.2, 0) is 6.54 Å². The number of anilines is 1. The molecule has 0 radical (unpaired) electrons. The number of nitrogens with zero attached hydrogens (tertiary/aromatic N) is 3. The Bertz CT molecular complexity index is 393. The van der Waals surface area contributed by atoms with E-state index in [1.54, 1.807) is 0 Å². The highest BCUT2D eigenvalue weighted by atomic mass is 35.5. The van der Waals surface area contributed by atoms with E-state index in [2.05, 4.69) is 60.1 Å². The number of nitrogens with one attached hydrogen (secondary N) is 1. The van der Waals surface area contributed by atoms with Crippen molar-refractivity contribution in [1.29, 1.82) is 0 Å². The molecule has 0 bridgehead atoms. The molecule has 2 rings (SSSR count). The van der Waals surface area contributed by atoms with E-state index in [-0.39, 0.29) is 12.4 Å². The summed E-state index contributed by atoms with van der Waals surface area (Å²) in [6, 6.07) is 5.41. The summed E-state index contributed by atoms with van der Waals surface area (Å²) in [6.07, 6.45) is 2.02. The van der Waals surface area contributed by atoms with Gasteiger partial charge < -0.3 is 10.2 Å². The molecular formula is C15H27ClN4. The van der Waals surface area contributed by atoms with Gasteiger partial charge in [0.05, 0.1) is 0 Å². The first-order valence-electron chi connectivity index (χ1n) is 7.20. The lowest BCUT2D eigenvalue weighted by Crippen LogP contribution is -2.49. The standard InChI is InChI=1S/C15H26N4.ClH/c1-12(2)18(4)15-6-5-14(10-17-15)11-19-8-7-16-9-13(19)3;/h5-6,10,12-13,16H,7-9,11H2,1-4H3;1H. The second kappa shape index (κ2) is 7.81. The molecule has 4 nitrogen and oxygen atoms in total. The fraction of sp³-hybridized carbons (Fsp3) is 0.667. The molecule has 1 fully saturated rings. The summed E-state index contributed by atoms with van der Waals surface area (Å²) in [5, 5.41) is 3.42. The molecule has 0 amide bonds. The Morgan fingerprint density at radius 3 is 2.75 bits per heavy atom. The summed E-state index contributed by atoms with van der Waals surface area (Å²) in [4.78, 5) is 9.28. The third-order valence-corrected chi connectivity index (χ3v) is 3.97. The summed E-state index contributed by atoms with van der Waals surface area (Å²) in [7, 11) is 2.09. The quantitative estimate of drug-likeness (QED) is 0.923. The fourth-order valence-corrected chi connectivity index (χ4v) is 2.34. The highest BCUT2D eigenvalue weighted by Gasteiger charge is 2.17. The van der Waals surface area contributed by atoms with Crippen LogP contribution >= 0.6 is 12.4 Å². The van der Waals surface area contributed by atoms with E-state index in [9.17, 15) is 0 Å². The van der Waals surface area contributed by atoms with E-state index in [0.29, 0.717) is 12.1 Å². The van der Waals surface area contributed by atoms with Gasteiger partial charge in [-0.05, 0) is 32.4 Å². The second-order valence-corrected chi connectivity index (χ2v) is 5.75. The number of aromatic nitrogens is 1. The van der Waals surface area contributed by atoms with Crippen LogP contribution in [0, 0.1) is 0 Å². The highest BCUT2D eigenvalue weighted by molar-refractivity contribution is 5.85. The molecule has 1 atom stereocenters. The SMILES string of the molecule is CC1CNCCN1Cc1ccc(N(C)C(C)C)nc1.Cl. The third-order valence-electron chi connectivity index (χ3n) is 3.97. The maximum Gasteiger partial charge on any atom is 0.128 e. The largest absolute Gasteiger partial charge is 0.357 e. The Labute approximate surface area is 129 Å². The van der Waals surface area contributed by atoms with Gasteiger partial charge >= 0.3 is 0 Å². The van der Waals surface area contributed by atoms with Crippen molar-refractivity contribution in [2.45, 2.75) is 39.4 Å². The summed E-state index contributed by atoms with van der Waals surface area (Å²) < 4.78 is 0. The number of hydrogen-bond acceptors (Lipinski definition) is 4. The van der Waals surface area contributed by atoms with Crippen LogP contribution in [0.3, 0.4) is 0 Å². The van der Waals surface area contributed by atoms with Crippen molar-refractivity contribution in [2.24, 2.45) is 0 Å². The molecule has 0 saturated carbocycles. The minimum Gasteiger partial charge on any atom is -0.357 e. The first-order valence-corrected chi connectivity index (χ1v) is 7.20. The van der Waals surface area contributed by atoms with Gasteiger partial charge in [-0.2, -0.15) is 0 Å². The average molecular weight is 299 g/mol. The molecular weight excluding hydrogens is 272 g/mol. The summed E-state index contributed by atoms with van der Waals surface area (Å²) in [5.41, 5.74) is 1.30. The van der Waals surface area contributed by atoms with Crippen molar-refractivity contribution < 1.29 is 0 Å². The maximum atomic E-state index is 4.57. The van der Waals surface area contributed by atoms with Crippen molar-refractivity contribution in [1.82, 2.24) is 15.2 Å². The Morgan fingerprint density at radius 1 is 1.45 bits per heavy atom. The molecule has 1 aromatic rings. The van der Waals surface area contributed by atoms with Crippen LogP contribution in [0.4, 0.5) is 5.82 Å². The zero-order chi connectivity index (χ0) is 13.8. The lowest BCUT2D eigenvalue weighted by Gasteiger charge is -2.33. The monoisotopic (exact) mass is 298 g/mol. The highest BCUT2D eigenvalue weighted by Crippen LogP contribution is 2.14. The van der Waals surface area contributed by atoms with Crippen LogP contribution in [0.25, 0.3) is 0 Å². The Morgan fingerprint density at radius 2 is 2.20 bits per heavy atom. The lowest BCUT2D eigenvalue weighted by molar-refractivity contribution is 0.165. The Kier molecular flexibility index (Phi) is 6.72. The molecule has 1 unspecified atom stereocenters. The molecule has 1 aliphatic heterocycles. The van der Waals surface area contributed by atoms with Gasteiger partial charge in [-0.3, -0.25) is 4.90 Å². The van der Waals surface area contributed by atoms with Crippen molar-refractivity contribution >= 4 is 18.2 Å². The topological polar surface area (TPSA) is 31.4 Å². The van der Waals surface area contributed by atoms with Gasteiger partial charge in [-0.1, -0.05) is 6.07 Å². The van der Waals surface area contributed by atoms with Gasteiger partial charge in [0.1, 0.15) is 5.82 Å². The van der Waals surface area contributed by atoms with Crippen LogP contribution in [0.1, 0.15) is 26.3 Å². The average Bonchev–Trinajstić information content (AvgIpc) is 2.41. The van der Waals surface area contributed by atoms with Crippen molar-refractivity contribution in [2.75, 3.05) is 31.6 Å². The summed E-state index contributed by atoms with van der Waals surface area (Å²) >= 11 is 0. The van der Waals surface area contributed by atoms with Crippen LogP contribution in [0.5, 0.6) is 0 Å². The molecule has 0 aliphatic carbocycles. The smallest absolute Gasteiger partial charge is 0.128 e. The molecule has 114 valence electrons. The molecule has 5 heteroatoms. The molecule has 20 heavy (non-hydrogen) atoms. The molecule has 2 heterocycles. The van der Waals surface area contributed by atoms with E-state index >= 15 is 0 Å². The second-order valence-electron chi connectivity index (χ2n) is 5.75.